The molecule has 0 heterocycles. The number of benzene rings is 2. The van der Waals surface area contributed by atoms with Gasteiger partial charge in [0, 0.05) is 3.57 Å². The van der Waals surface area contributed by atoms with Gasteiger partial charge in [-0.05, 0) is 53.3 Å². The Balaban J connectivity index is 2.44. The number of anilines is 2. The summed E-state index contributed by atoms with van der Waals surface area (Å²) >= 11 is 2.28. The van der Waals surface area contributed by atoms with Crippen molar-refractivity contribution in [3.8, 4) is 6.07 Å². The number of aryl methyl sites for hydroxylation is 1. The number of halogens is 1. The molecule has 0 atom stereocenters. The first-order chi connectivity index (χ1) is 8.22. The molecule has 0 unspecified atom stereocenters. The minimum absolute atomic E-state index is 0.671. The summed E-state index contributed by atoms with van der Waals surface area (Å²) in [4.78, 5) is 0. The van der Waals surface area contributed by atoms with Crippen LogP contribution in [0.1, 0.15) is 11.1 Å². The normalized spacial score (nSPS) is 9.71. The standard InChI is InChI=1S/C14H11IN2/c1-10-5-4-6-11(9-16)14(10)17-13-8-3-2-7-12(13)15/h2-8,17H,1H3. The van der Waals surface area contributed by atoms with E-state index in [1.54, 1.807) is 0 Å². The molecule has 0 aliphatic rings. The third-order valence-corrected chi connectivity index (χ3v) is 3.47. The third kappa shape index (κ3) is 2.59. The average Bonchev–Trinajstić information content (AvgIpc) is 2.34. The van der Waals surface area contributed by atoms with Crippen molar-refractivity contribution in [2.24, 2.45) is 0 Å². The molecule has 1 N–H and O–H groups in total. The molecule has 0 bridgehead atoms. The number of hydrogen-bond donors (Lipinski definition) is 1. The lowest BCUT2D eigenvalue weighted by atomic mass is 10.1. The van der Waals surface area contributed by atoms with E-state index < -0.39 is 0 Å². The van der Waals surface area contributed by atoms with Crippen LogP contribution in [-0.4, -0.2) is 0 Å². The molecule has 0 spiro atoms. The fourth-order valence-corrected chi connectivity index (χ4v) is 2.15. The molecule has 2 nitrogen and oxygen atoms in total. The minimum Gasteiger partial charge on any atom is -0.353 e. The molecule has 0 fully saturated rings. The van der Waals surface area contributed by atoms with Crippen LogP contribution in [0.2, 0.25) is 0 Å². The molecular weight excluding hydrogens is 323 g/mol. The molecule has 0 aliphatic heterocycles. The Bertz CT molecular complexity index is 585. The molecule has 0 amide bonds. The molecule has 0 saturated heterocycles. The monoisotopic (exact) mass is 334 g/mol. The van der Waals surface area contributed by atoms with Crippen LogP contribution in [0.3, 0.4) is 0 Å². The maximum absolute atomic E-state index is 9.10. The largest absolute Gasteiger partial charge is 0.353 e. The van der Waals surface area contributed by atoms with E-state index >= 15 is 0 Å². The molecule has 0 aromatic heterocycles. The maximum Gasteiger partial charge on any atom is 0.101 e. The van der Waals surface area contributed by atoms with E-state index in [4.69, 9.17) is 5.26 Å². The lowest BCUT2D eigenvalue weighted by Gasteiger charge is -2.12. The van der Waals surface area contributed by atoms with Crippen LogP contribution in [0.4, 0.5) is 11.4 Å². The Hall–Kier alpha value is -1.54. The Kier molecular flexibility index (Phi) is 3.64. The van der Waals surface area contributed by atoms with Crippen LogP contribution in [0.25, 0.3) is 0 Å². The first kappa shape index (κ1) is 11.9. The van der Waals surface area contributed by atoms with Gasteiger partial charge in [0.15, 0.2) is 0 Å². The number of nitrogens with zero attached hydrogens (tertiary/aromatic N) is 1. The summed E-state index contributed by atoms with van der Waals surface area (Å²) in [5.74, 6) is 0. The smallest absolute Gasteiger partial charge is 0.101 e. The number of nitrogens with one attached hydrogen (secondary N) is 1. The second-order valence-electron chi connectivity index (χ2n) is 3.71. The highest BCUT2D eigenvalue weighted by atomic mass is 127. The highest BCUT2D eigenvalue weighted by molar-refractivity contribution is 14.1. The van der Waals surface area contributed by atoms with Crippen LogP contribution in [-0.2, 0) is 0 Å². The van der Waals surface area contributed by atoms with Crippen LogP contribution >= 0.6 is 22.6 Å². The maximum atomic E-state index is 9.10. The van der Waals surface area contributed by atoms with Gasteiger partial charge in [-0.15, -0.1) is 0 Å². The first-order valence-electron chi connectivity index (χ1n) is 5.23. The molecule has 0 radical (unpaired) electrons. The molecule has 2 aromatic carbocycles. The summed E-state index contributed by atoms with van der Waals surface area (Å²) in [7, 11) is 0. The Morgan fingerprint density at radius 3 is 2.59 bits per heavy atom. The van der Waals surface area contributed by atoms with Crippen molar-refractivity contribution in [2.75, 3.05) is 5.32 Å². The van der Waals surface area contributed by atoms with E-state index in [-0.39, 0.29) is 0 Å². The van der Waals surface area contributed by atoms with Crippen LogP contribution < -0.4 is 5.32 Å². The Morgan fingerprint density at radius 2 is 1.88 bits per heavy atom. The average molecular weight is 334 g/mol. The van der Waals surface area contributed by atoms with Crippen molar-refractivity contribution >= 4 is 34.0 Å². The predicted molar refractivity (Wildman–Crippen MR) is 78.3 cm³/mol. The summed E-state index contributed by atoms with van der Waals surface area (Å²) in [6, 6.07) is 16.0. The van der Waals surface area contributed by atoms with Gasteiger partial charge in [-0.2, -0.15) is 5.26 Å². The summed E-state index contributed by atoms with van der Waals surface area (Å²) in [6.45, 7) is 2.00. The van der Waals surface area contributed by atoms with Crippen molar-refractivity contribution in [3.63, 3.8) is 0 Å². The van der Waals surface area contributed by atoms with E-state index in [2.05, 4.69) is 34.0 Å². The lowest BCUT2D eigenvalue weighted by molar-refractivity contribution is 1.39. The van der Waals surface area contributed by atoms with Crippen molar-refractivity contribution in [3.05, 3.63) is 57.2 Å². The third-order valence-electron chi connectivity index (χ3n) is 2.53. The molecule has 3 heteroatoms. The summed E-state index contributed by atoms with van der Waals surface area (Å²) in [5, 5.41) is 12.4. The molecule has 2 aromatic rings. The zero-order valence-corrected chi connectivity index (χ0v) is 11.5. The van der Waals surface area contributed by atoms with Gasteiger partial charge in [-0.3, -0.25) is 0 Å². The predicted octanol–water partition coefficient (Wildman–Crippen LogP) is 4.21. The van der Waals surface area contributed by atoms with E-state index in [1.165, 1.54) is 0 Å². The molecule has 2 rings (SSSR count). The zero-order valence-electron chi connectivity index (χ0n) is 9.37. The number of nitriles is 1. The van der Waals surface area contributed by atoms with Gasteiger partial charge in [0.05, 0.1) is 16.9 Å². The number of rotatable bonds is 2. The van der Waals surface area contributed by atoms with Crippen molar-refractivity contribution < 1.29 is 0 Å². The SMILES string of the molecule is Cc1cccc(C#N)c1Nc1ccccc1I. The quantitative estimate of drug-likeness (QED) is 0.835. The zero-order chi connectivity index (χ0) is 12.3. The van der Waals surface area contributed by atoms with Gasteiger partial charge in [-0.25, -0.2) is 0 Å². The molecular formula is C14H11IN2. The minimum atomic E-state index is 0.671. The van der Waals surface area contributed by atoms with Gasteiger partial charge in [0.1, 0.15) is 6.07 Å². The van der Waals surface area contributed by atoms with Gasteiger partial charge in [0.2, 0.25) is 0 Å². The van der Waals surface area contributed by atoms with Crippen molar-refractivity contribution in [1.82, 2.24) is 0 Å². The van der Waals surface area contributed by atoms with Gasteiger partial charge < -0.3 is 5.32 Å². The molecule has 0 saturated carbocycles. The van der Waals surface area contributed by atoms with Crippen molar-refractivity contribution in [1.29, 1.82) is 5.26 Å². The highest BCUT2D eigenvalue weighted by Crippen LogP contribution is 2.27. The topological polar surface area (TPSA) is 35.8 Å². The number of hydrogen-bond acceptors (Lipinski definition) is 2. The van der Waals surface area contributed by atoms with Gasteiger partial charge in [-0.1, -0.05) is 24.3 Å². The van der Waals surface area contributed by atoms with E-state index in [9.17, 15) is 0 Å². The molecule has 84 valence electrons. The summed E-state index contributed by atoms with van der Waals surface area (Å²) in [5.41, 5.74) is 3.66. The second kappa shape index (κ2) is 5.19. The Labute approximate surface area is 114 Å². The van der Waals surface area contributed by atoms with E-state index in [0.29, 0.717) is 5.56 Å². The first-order valence-corrected chi connectivity index (χ1v) is 6.31. The van der Waals surface area contributed by atoms with E-state index in [1.807, 2.05) is 49.4 Å². The van der Waals surface area contributed by atoms with Crippen molar-refractivity contribution in [2.45, 2.75) is 6.92 Å². The lowest BCUT2D eigenvalue weighted by Crippen LogP contribution is -1.97. The van der Waals surface area contributed by atoms with Gasteiger partial charge >= 0.3 is 0 Å². The fourth-order valence-electron chi connectivity index (χ4n) is 1.62. The van der Waals surface area contributed by atoms with Gasteiger partial charge in [0.25, 0.3) is 0 Å². The second-order valence-corrected chi connectivity index (χ2v) is 4.88. The van der Waals surface area contributed by atoms with Crippen LogP contribution in [0.5, 0.6) is 0 Å². The van der Waals surface area contributed by atoms with Crippen LogP contribution in [0.15, 0.2) is 42.5 Å². The summed E-state index contributed by atoms with van der Waals surface area (Å²) < 4.78 is 1.14. The Morgan fingerprint density at radius 1 is 1.12 bits per heavy atom. The molecule has 0 aliphatic carbocycles. The summed E-state index contributed by atoms with van der Waals surface area (Å²) in [6.07, 6.45) is 0. The highest BCUT2D eigenvalue weighted by Gasteiger charge is 2.06. The number of para-hydroxylation sites is 2. The molecule has 17 heavy (non-hydrogen) atoms. The van der Waals surface area contributed by atoms with E-state index in [0.717, 1.165) is 20.5 Å². The fraction of sp³-hybridized carbons (Fsp3) is 0.0714. The van der Waals surface area contributed by atoms with Crippen LogP contribution in [0, 0.1) is 21.8 Å².